The third-order valence-corrected chi connectivity index (χ3v) is 4.58. The summed E-state index contributed by atoms with van der Waals surface area (Å²) < 4.78 is 5.77. The molecule has 2 rings (SSSR count). The molecule has 1 aromatic rings. The highest BCUT2D eigenvalue weighted by molar-refractivity contribution is 7.11. The molecule has 0 aliphatic heterocycles. The van der Waals surface area contributed by atoms with E-state index in [0.29, 0.717) is 0 Å². The second kappa shape index (κ2) is 4.22. The third kappa shape index (κ3) is 2.08. The molecule has 1 saturated carbocycles. The zero-order valence-electron chi connectivity index (χ0n) is 9.75. The lowest BCUT2D eigenvalue weighted by Crippen LogP contribution is -2.33. The van der Waals surface area contributed by atoms with E-state index in [1.54, 1.807) is 11.3 Å². The van der Waals surface area contributed by atoms with Crippen molar-refractivity contribution in [3.8, 4) is 0 Å². The van der Waals surface area contributed by atoms with Crippen molar-refractivity contribution < 1.29 is 4.74 Å². The molecule has 1 aliphatic rings. The van der Waals surface area contributed by atoms with Crippen molar-refractivity contribution in [2.45, 2.75) is 45.1 Å². The van der Waals surface area contributed by atoms with Gasteiger partial charge in [-0.25, -0.2) is 4.98 Å². The van der Waals surface area contributed by atoms with E-state index in [2.05, 4.69) is 18.8 Å². The molecule has 0 unspecified atom stereocenters. The number of thiazole rings is 1. The SMILES string of the molecule is COC1(c2ncc(C)s2)CCC(C)CC1. The van der Waals surface area contributed by atoms with Crippen molar-refractivity contribution in [2.24, 2.45) is 5.92 Å². The molecule has 3 heteroatoms. The summed E-state index contributed by atoms with van der Waals surface area (Å²) >= 11 is 1.78. The Morgan fingerprint density at radius 1 is 1.47 bits per heavy atom. The van der Waals surface area contributed by atoms with Gasteiger partial charge in [0.25, 0.3) is 0 Å². The van der Waals surface area contributed by atoms with Crippen molar-refractivity contribution in [1.82, 2.24) is 4.98 Å². The van der Waals surface area contributed by atoms with Crippen LogP contribution >= 0.6 is 11.3 Å². The number of nitrogens with zero attached hydrogens (tertiary/aromatic N) is 1. The molecule has 0 saturated heterocycles. The Hall–Kier alpha value is -0.410. The highest BCUT2D eigenvalue weighted by Gasteiger charge is 2.38. The average molecular weight is 225 g/mol. The van der Waals surface area contributed by atoms with Gasteiger partial charge in [-0.3, -0.25) is 0 Å². The van der Waals surface area contributed by atoms with Crippen LogP contribution in [-0.2, 0) is 10.3 Å². The summed E-state index contributed by atoms with van der Waals surface area (Å²) in [6.07, 6.45) is 6.72. The molecule has 0 radical (unpaired) electrons. The molecule has 0 bridgehead atoms. The van der Waals surface area contributed by atoms with E-state index in [0.717, 1.165) is 18.8 Å². The molecular formula is C12H19NOS. The molecule has 15 heavy (non-hydrogen) atoms. The van der Waals surface area contributed by atoms with Crippen molar-refractivity contribution in [3.63, 3.8) is 0 Å². The average Bonchev–Trinajstić information content (AvgIpc) is 2.67. The number of methoxy groups -OCH3 is 1. The van der Waals surface area contributed by atoms with E-state index in [-0.39, 0.29) is 5.60 Å². The van der Waals surface area contributed by atoms with Crippen molar-refractivity contribution in [1.29, 1.82) is 0 Å². The molecule has 0 spiro atoms. The second-order valence-electron chi connectivity index (χ2n) is 4.66. The quantitative estimate of drug-likeness (QED) is 0.768. The van der Waals surface area contributed by atoms with Gasteiger partial charge in [-0.2, -0.15) is 0 Å². The Bertz CT molecular complexity index is 326. The lowest BCUT2D eigenvalue weighted by molar-refractivity contribution is -0.0531. The molecule has 0 aromatic carbocycles. The highest BCUT2D eigenvalue weighted by Crippen LogP contribution is 2.43. The van der Waals surface area contributed by atoms with E-state index in [1.807, 2.05) is 13.3 Å². The fourth-order valence-corrected chi connectivity index (χ4v) is 3.29. The van der Waals surface area contributed by atoms with Gasteiger partial charge < -0.3 is 4.74 Å². The van der Waals surface area contributed by atoms with Gasteiger partial charge in [0.2, 0.25) is 0 Å². The molecule has 0 N–H and O–H groups in total. The first-order valence-corrected chi connectivity index (χ1v) is 6.46. The van der Waals surface area contributed by atoms with Crippen LogP contribution in [0.25, 0.3) is 0 Å². The van der Waals surface area contributed by atoms with E-state index < -0.39 is 0 Å². The van der Waals surface area contributed by atoms with Gasteiger partial charge in [0.15, 0.2) is 0 Å². The molecule has 2 nitrogen and oxygen atoms in total. The minimum atomic E-state index is -0.0779. The smallest absolute Gasteiger partial charge is 0.125 e. The fraction of sp³-hybridized carbons (Fsp3) is 0.750. The maximum atomic E-state index is 5.77. The van der Waals surface area contributed by atoms with Crippen LogP contribution in [0.4, 0.5) is 0 Å². The lowest BCUT2D eigenvalue weighted by atomic mass is 9.80. The molecule has 0 amide bonds. The first-order chi connectivity index (χ1) is 7.16. The topological polar surface area (TPSA) is 22.1 Å². The van der Waals surface area contributed by atoms with Crippen molar-refractivity contribution in [2.75, 3.05) is 7.11 Å². The second-order valence-corrected chi connectivity index (χ2v) is 5.89. The number of aryl methyl sites for hydroxylation is 1. The standard InChI is InChI=1S/C12H19NOS/c1-9-4-6-12(14-3,7-5-9)11-13-8-10(2)15-11/h8-9H,4-7H2,1-3H3. The van der Waals surface area contributed by atoms with Gasteiger partial charge >= 0.3 is 0 Å². The van der Waals surface area contributed by atoms with Crippen LogP contribution in [0.1, 0.15) is 42.5 Å². The molecule has 1 aliphatic carbocycles. The summed E-state index contributed by atoms with van der Waals surface area (Å²) in [6, 6.07) is 0. The van der Waals surface area contributed by atoms with Gasteiger partial charge in [-0.15, -0.1) is 11.3 Å². The molecule has 84 valence electrons. The first-order valence-electron chi connectivity index (χ1n) is 5.64. The predicted octanol–water partition coefficient (Wildman–Crippen LogP) is 3.50. The van der Waals surface area contributed by atoms with Crippen LogP contribution in [0, 0.1) is 12.8 Å². The van der Waals surface area contributed by atoms with Gasteiger partial charge in [0.1, 0.15) is 10.6 Å². The molecule has 0 atom stereocenters. The Balaban J connectivity index is 2.22. The fourth-order valence-electron chi connectivity index (χ4n) is 2.30. The number of aromatic nitrogens is 1. The lowest BCUT2D eigenvalue weighted by Gasteiger charge is -2.36. The van der Waals surface area contributed by atoms with Crippen LogP contribution in [0.15, 0.2) is 6.20 Å². The van der Waals surface area contributed by atoms with Crippen LogP contribution in [0.5, 0.6) is 0 Å². The van der Waals surface area contributed by atoms with Crippen LogP contribution < -0.4 is 0 Å². The Morgan fingerprint density at radius 3 is 2.60 bits per heavy atom. The molecule has 1 fully saturated rings. The van der Waals surface area contributed by atoms with Crippen molar-refractivity contribution in [3.05, 3.63) is 16.1 Å². The van der Waals surface area contributed by atoms with E-state index in [1.165, 1.54) is 22.7 Å². The van der Waals surface area contributed by atoms with Crippen LogP contribution in [0.3, 0.4) is 0 Å². The highest BCUT2D eigenvalue weighted by atomic mass is 32.1. The maximum Gasteiger partial charge on any atom is 0.125 e. The predicted molar refractivity (Wildman–Crippen MR) is 63.2 cm³/mol. The van der Waals surface area contributed by atoms with E-state index in [4.69, 9.17) is 4.74 Å². The number of ether oxygens (including phenoxy) is 1. The van der Waals surface area contributed by atoms with Crippen molar-refractivity contribution >= 4 is 11.3 Å². The number of rotatable bonds is 2. The summed E-state index contributed by atoms with van der Waals surface area (Å²) in [5.74, 6) is 0.842. The number of hydrogen-bond acceptors (Lipinski definition) is 3. The zero-order chi connectivity index (χ0) is 10.9. The summed E-state index contributed by atoms with van der Waals surface area (Å²) in [7, 11) is 1.83. The molecule has 1 aromatic heterocycles. The molecule has 1 heterocycles. The normalized spacial score (nSPS) is 31.8. The minimum Gasteiger partial charge on any atom is -0.371 e. The minimum absolute atomic E-state index is 0.0779. The summed E-state index contributed by atoms with van der Waals surface area (Å²) in [4.78, 5) is 5.78. The van der Waals surface area contributed by atoms with Gasteiger partial charge in [0.05, 0.1) is 0 Å². The van der Waals surface area contributed by atoms with Crippen LogP contribution in [0.2, 0.25) is 0 Å². The largest absolute Gasteiger partial charge is 0.371 e. The van der Waals surface area contributed by atoms with Gasteiger partial charge in [-0.05, 0) is 38.5 Å². The van der Waals surface area contributed by atoms with E-state index in [9.17, 15) is 0 Å². The summed E-state index contributed by atoms with van der Waals surface area (Å²) in [5.41, 5.74) is -0.0779. The summed E-state index contributed by atoms with van der Waals surface area (Å²) in [6.45, 7) is 4.43. The summed E-state index contributed by atoms with van der Waals surface area (Å²) in [5, 5.41) is 1.18. The first kappa shape index (κ1) is 11.1. The van der Waals surface area contributed by atoms with Gasteiger partial charge in [-0.1, -0.05) is 6.92 Å². The maximum absolute atomic E-state index is 5.77. The zero-order valence-corrected chi connectivity index (χ0v) is 10.6. The Kier molecular flexibility index (Phi) is 3.12. The Morgan fingerprint density at radius 2 is 2.13 bits per heavy atom. The monoisotopic (exact) mass is 225 g/mol. The number of hydrogen-bond donors (Lipinski definition) is 0. The Labute approximate surface area is 95.7 Å². The molecular weight excluding hydrogens is 206 g/mol. The van der Waals surface area contributed by atoms with Crippen LogP contribution in [-0.4, -0.2) is 12.1 Å². The van der Waals surface area contributed by atoms with Gasteiger partial charge in [0, 0.05) is 18.2 Å². The van der Waals surface area contributed by atoms with E-state index >= 15 is 0 Å². The third-order valence-electron chi connectivity index (χ3n) is 3.48.